The molecule has 6 nitrogen and oxygen atoms in total. The standard InChI is InChI=1S/C63H101NO5/c1-4-7-10-13-16-19-22-25-28-31-33-36-39-42-45-48-51-54-59(69-63(68)56-53-50-47-44-41-38-35-32-29-26-23-20-17-14-11-8-5-2)57-62(67)64-60(58-65)61(66)55-52-49-46-43-40-37-34-30-27-24-21-18-15-12-9-6-3/h7-8,10-11,14,16-17,19-20,23,25-26,28-29,32-33,35-36,38,41-42,45,51,54,59-61,65-66H,4-6,9,12-13,15,18,21-22,24,27,30-31,34,37,39-40,43-44,46-50,52-53,55-58H2,1-3H3,(H,64,67)/b10-7-,11-8-,17-14+,19-16-,23-20+,28-25-,29-26-,35-32+,36-33-,41-38+,45-42-,54-51-. The maximum atomic E-state index is 13.2. The molecular weight excluding hydrogens is 851 g/mol. The number of rotatable bonds is 47. The third-order valence-electron chi connectivity index (χ3n) is 11.6. The molecule has 0 aromatic rings. The number of nitrogens with one attached hydrogen (secondary N) is 1. The lowest BCUT2D eigenvalue weighted by molar-refractivity contribution is -0.148. The van der Waals surface area contributed by atoms with Gasteiger partial charge in [-0.15, -0.1) is 0 Å². The quantitative estimate of drug-likeness (QED) is 0.0244. The lowest BCUT2D eigenvalue weighted by Gasteiger charge is -2.23. The number of ether oxygens (including phenoxy) is 1. The summed E-state index contributed by atoms with van der Waals surface area (Å²) in [4.78, 5) is 26.2. The van der Waals surface area contributed by atoms with Gasteiger partial charge in [-0.3, -0.25) is 9.59 Å². The molecule has 6 heteroatoms. The molecule has 69 heavy (non-hydrogen) atoms. The van der Waals surface area contributed by atoms with Gasteiger partial charge in [0.2, 0.25) is 5.91 Å². The molecule has 0 aromatic carbocycles. The third kappa shape index (κ3) is 50.0. The summed E-state index contributed by atoms with van der Waals surface area (Å²) < 4.78 is 5.82. The number of hydrogen-bond acceptors (Lipinski definition) is 5. The van der Waals surface area contributed by atoms with Crippen molar-refractivity contribution in [2.75, 3.05) is 6.61 Å². The highest BCUT2D eigenvalue weighted by molar-refractivity contribution is 5.78. The van der Waals surface area contributed by atoms with Crippen LogP contribution in [-0.4, -0.2) is 46.9 Å². The van der Waals surface area contributed by atoms with Crippen LogP contribution in [-0.2, 0) is 14.3 Å². The van der Waals surface area contributed by atoms with Crippen LogP contribution in [0.15, 0.2) is 146 Å². The van der Waals surface area contributed by atoms with E-state index in [1.54, 1.807) is 6.08 Å². The van der Waals surface area contributed by atoms with Crippen LogP contribution in [0.1, 0.15) is 213 Å². The predicted octanol–water partition coefficient (Wildman–Crippen LogP) is 17.2. The Hall–Kier alpha value is -4.26. The van der Waals surface area contributed by atoms with E-state index in [4.69, 9.17) is 4.74 Å². The van der Waals surface area contributed by atoms with Crippen molar-refractivity contribution < 1.29 is 24.5 Å². The lowest BCUT2D eigenvalue weighted by Crippen LogP contribution is -2.46. The molecule has 0 aliphatic carbocycles. The predicted molar refractivity (Wildman–Crippen MR) is 300 cm³/mol. The van der Waals surface area contributed by atoms with Crippen molar-refractivity contribution >= 4 is 11.9 Å². The molecule has 0 fully saturated rings. The van der Waals surface area contributed by atoms with E-state index in [9.17, 15) is 19.8 Å². The minimum atomic E-state index is -0.839. The van der Waals surface area contributed by atoms with Crippen LogP contribution >= 0.6 is 0 Å². The first-order valence-corrected chi connectivity index (χ1v) is 27.7. The summed E-state index contributed by atoms with van der Waals surface area (Å²) in [5, 5.41) is 23.8. The van der Waals surface area contributed by atoms with Crippen molar-refractivity contribution in [3.63, 3.8) is 0 Å². The maximum absolute atomic E-state index is 13.2. The van der Waals surface area contributed by atoms with E-state index in [-0.39, 0.29) is 31.3 Å². The normalized spacial score (nSPS) is 14.3. The van der Waals surface area contributed by atoms with Gasteiger partial charge in [0.1, 0.15) is 6.10 Å². The zero-order valence-corrected chi connectivity index (χ0v) is 44.1. The summed E-state index contributed by atoms with van der Waals surface area (Å²) in [6.07, 6.45) is 79.3. The topological polar surface area (TPSA) is 95.9 Å². The molecule has 0 aliphatic rings. The second kappa shape index (κ2) is 54.7. The number of allylic oxidation sites excluding steroid dienone is 23. The first kappa shape index (κ1) is 64.7. The van der Waals surface area contributed by atoms with E-state index in [1.807, 2.05) is 66.8 Å². The summed E-state index contributed by atoms with van der Waals surface area (Å²) in [5.41, 5.74) is 0. The fourth-order valence-corrected chi connectivity index (χ4v) is 7.46. The summed E-state index contributed by atoms with van der Waals surface area (Å²) in [6.45, 7) is 6.18. The highest BCUT2D eigenvalue weighted by Crippen LogP contribution is 2.16. The Balaban J connectivity index is 4.85. The molecule has 0 heterocycles. The van der Waals surface area contributed by atoms with Gasteiger partial charge in [0.25, 0.3) is 0 Å². The Morgan fingerprint density at radius 2 is 0.870 bits per heavy atom. The Morgan fingerprint density at radius 3 is 1.33 bits per heavy atom. The van der Waals surface area contributed by atoms with Crippen molar-refractivity contribution in [3.05, 3.63) is 146 Å². The number of amides is 1. The summed E-state index contributed by atoms with van der Waals surface area (Å²) in [7, 11) is 0. The zero-order chi connectivity index (χ0) is 50.2. The Kier molecular flexibility index (Phi) is 51.3. The smallest absolute Gasteiger partial charge is 0.306 e. The second-order valence-electron chi connectivity index (χ2n) is 18.0. The van der Waals surface area contributed by atoms with E-state index >= 15 is 0 Å². The minimum Gasteiger partial charge on any atom is -0.458 e. The molecule has 3 atom stereocenters. The van der Waals surface area contributed by atoms with Crippen LogP contribution in [0.25, 0.3) is 0 Å². The average molecular weight is 953 g/mol. The number of hydrogen-bond donors (Lipinski definition) is 3. The van der Waals surface area contributed by atoms with E-state index in [1.165, 1.54) is 83.5 Å². The number of unbranched alkanes of at least 4 members (excludes halogenated alkanes) is 18. The van der Waals surface area contributed by atoms with Gasteiger partial charge in [-0.1, -0.05) is 270 Å². The largest absolute Gasteiger partial charge is 0.458 e. The van der Waals surface area contributed by atoms with E-state index in [2.05, 4.69) is 99.0 Å². The zero-order valence-electron chi connectivity index (χ0n) is 44.1. The van der Waals surface area contributed by atoms with Gasteiger partial charge in [0, 0.05) is 6.42 Å². The highest BCUT2D eigenvalue weighted by atomic mass is 16.5. The van der Waals surface area contributed by atoms with Gasteiger partial charge in [-0.05, 0) is 76.7 Å². The van der Waals surface area contributed by atoms with Crippen molar-refractivity contribution in [1.82, 2.24) is 5.32 Å². The molecule has 0 aromatic heterocycles. The van der Waals surface area contributed by atoms with Crippen LogP contribution in [0.4, 0.5) is 0 Å². The van der Waals surface area contributed by atoms with E-state index in [0.29, 0.717) is 19.3 Å². The molecule has 3 N–H and O–H groups in total. The van der Waals surface area contributed by atoms with Crippen LogP contribution in [0.3, 0.4) is 0 Å². The second-order valence-corrected chi connectivity index (χ2v) is 18.0. The molecular formula is C63H101NO5. The van der Waals surface area contributed by atoms with Gasteiger partial charge in [-0.2, -0.15) is 0 Å². The first-order chi connectivity index (χ1) is 34.0. The summed E-state index contributed by atoms with van der Waals surface area (Å²) in [6, 6.07) is -0.765. The molecule has 0 bridgehead atoms. The van der Waals surface area contributed by atoms with Crippen molar-refractivity contribution in [2.24, 2.45) is 0 Å². The van der Waals surface area contributed by atoms with E-state index < -0.39 is 18.2 Å². The summed E-state index contributed by atoms with van der Waals surface area (Å²) >= 11 is 0. The maximum Gasteiger partial charge on any atom is 0.306 e. The molecule has 0 spiro atoms. The Morgan fingerprint density at radius 1 is 0.464 bits per heavy atom. The van der Waals surface area contributed by atoms with Gasteiger partial charge >= 0.3 is 5.97 Å². The van der Waals surface area contributed by atoms with Gasteiger partial charge in [0.15, 0.2) is 0 Å². The molecule has 0 radical (unpaired) electrons. The molecule has 388 valence electrons. The molecule has 0 rings (SSSR count). The first-order valence-electron chi connectivity index (χ1n) is 27.7. The van der Waals surface area contributed by atoms with Crippen LogP contribution < -0.4 is 5.32 Å². The van der Waals surface area contributed by atoms with Crippen molar-refractivity contribution in [1.29, 1.82) is 0 Å². The molecule has 1 amide bonds. The van der Waals surface area contributed by atoms with E-state index in [0.717, 1.165) is 77.0 Å². The SMILES string of the molecule is CC\C=C/C=C/C=C/C=C\C=C\C=C\CCCCCC(=O)OC(/C=C\C/C=C\C/C=C\C/C=C\C/C=C\C/C=C\CC)CC(=O)NC(CO)C(O)CCCCCCCCCCCCCCCCCC. The number of aliphatic hydroxyl groups is 2. The molecule has 0 saturated heterocycles. The van der Waals surface area contributed by atoms with Crippen LogP contribution in [0.2, 0.25) is 0 Å². The Labute approximate surface area is 424 Å². The fourth-order valence-electron chi connectivity index (χ4n) is 7.46. The highest BCUT2D eigenvalue weighted by Gasteiger charge is 2.23. The van der Waals surface area contributed by atoms with Gasteiger partial charge in [0.05, 0.1) is 25.2 Å². The number of carbonyl (C=O) groups excluding carboxylic acids is 2. The average Bonchev–Trinajstić information content (AvgIpc) is 3.34. The van der Waals surface area contributed by atoms with Crippen LogP contribution in [0, 0.1) is 0 Å². The van der Waals surface area contributed by atoms with Crippen LogP contribution in [0.5, 0.6) is 0 Å². The monoisotopic (exact) mass is 952 g/mol. The van der Waals surface area contributed by atoms with Crippen molar-refractivity contribution in [3.8, 4) is 0 Å². The molecule has 0 aliphatic heterocycles. The number of carbonyl (C=O) groups is 2. The number of esters is 1. The fraction of sp³-hybridized carbons (Fsp3) is 0.587. The van der Waals surface area contributed by atoms with Gasteiger partial charge < -0.3 is 20.3 Å². The minimum absolute atomic E-state index is 0.0757. The number of aliphatic hydroxyl groups excluding tert-OH is 2. The molecule has 0 saturated carbocycles. The Bertz CT molecular complexity index is 1540. The van der Waals surface area contributed by atoms with Crippen molar-refractivity contribution in [2.45, 2.75) is 232 Å². The van der Waals surface area contributed by atoms with Gasteiger partial charge in [-0.25, -0.2) is 0 Å². The summed E-state index contributed by atoms with van der Waals surface area (Å²) in [5.74, 6) is -0.695. The molecule has 3 unspecified atom stereocenters. The third-order valence-corrected chi connectivity index (χ3v) is 11.6. The lowest BCUT2D eigenvalue weighted by atomic mass is 10.0.